The predicted octanol–water partition coefficient (Wildman–Crippen LogP) is 3.87. The van der Waals surface area contributed by atoms with E-state index in [2.05, 4.69) is 6.92 Å². The normalized spacial score (nSPS) is 25.7. The van der Waals surface area contributed by atoms with Crippen molar-refractivity contribution in [3.8, 4) is 0 Å². The Hall–Kier alpha value is -1.20. The Bertz CT molecular complexity index is 469. The molecule has 26 heavy (non-hydrogen) atoms. The number of carboxylic acids is 1. The molecule has 150 valence electrons. The highest BCUT2D eigenvalue weighted by Gasteiger charge is 2.39. The first-order valence-electron chi connectivity index (χ1n) is 10.1. The zero-order valence-corrected chi connectivity index (χ0v) is 16.3. The number of Topliss-reactive ketones (excluding diaryl/α,β-unsaturated/α-hetero) is 1. The molecule has 0 aromatic heterocycles. The zero-order valence-electron chi connectivity index (χ0n) is 16.3. The van der Waals surface area contributed by atoms with Crippen LogP contribution in [-0.2, 0) is 9.59 Å². The van der Waals surface area contributed by atoms with Crippen molar-refractivity contribution in [3.05, 3.63) is 12.2 Å². The molecule has 3 unspecified atom stereocenters. The fourth-order valence-corrected chi connectivity index (χ4v) is 3.72. The second-order valence-corrected chi connectivity index (χ2v) is 7.94. The monoisotopic (exact) mass is 368 g/mol. The fraction of sp³-hybridized carbons (Fsp3) is 0.810. The number of ketones is 1. The quantitative estimate of drug-likeness (QED) is 0.339. The summed E-state index contributed by atoms with van der Waals surface area (Å²) in [6.45, 7) is 3.90. The van der Waals surface area contributed by atoms with E-state index < -0.39 is 17.7 Å². The number of unbranched alkanes of at least 4 members (excludes halogenated alkanes) is 5. The van der Waals surface area contributed by atoms with Crippen LogP contribution in [0.5, 0.6) is 0 Å². The lowest BCUT2D eigenvalue weighted by Gasteiger charge is -2.22. The molecule has 1 saturated carbocycles. The third-order valence-corrected chi connectivity index (χ3v) is 5.35. The summed E-state index contributed by atoms with van der Waals surface area (Å²) in [5, 5.41) is 29.3. The third-order valence-electron chi connectivity index (χ3n) is 5.35. The summed E-state index contributed by atoms with van der Waals surface area (Å²) in [7, 11) is 0. The van der Waals surface area contributed by atoms with Crippen molar-refractivity contribution in [2.75, 3.05) is 0 Å². The molecule has 0 radical (unpaired) electrons. The Kier molecular flexibility index (Phi) is 10.1. The molecule has 0 spiro atoms. The minimum absolute atomic E-state index is 0.100. The van der Waals surface area contributed by atoms with Gasteiger partial charge in [0.15, 0.2) is 0 Å². The van der Waals surface area contributed by atoms with Gasteiger partial charge in [0.1, 0.15) is 5.78 Å². The molecule has 4 atom stereocenters. The summed E-state index contributed by atoms with van der Waals surface area (Å²) in [5.41, 5.74) is -0.901. The Morgan fingerprint density at radius 3 is 2.54 bits per heavy atom. The molecule has 0 aromatic carbocycles. The van der Waals surface area contributed by atoms with Crippen molar-refractivity contribution >= 4 is 11.8 Å². The number of aliphatic carboxylic acids is 1. The first-order valence-corrected chi connectivity index (χ1v) is 10.1. The van der Waals surface area contributed by atoms with Gasteiger partial charge in [-0.15, -0.1) is 0 Å². The van der Waals surface area contributed by atoms with Crippen molar-refractivity contribution in [3.63, 3.8) is 0 Å². The van der Waals surface area contributed by atoms with E-state index in [9.17, 15) is 19.8 Å². The van der Waals surface area contributed by atoms with E-state index >= 15 is 0 Å². The molecular formula is C21H36O5. The van der Waals surface area contributed by atoms with Crippen LogP contribution in [0.1, 0.15) is 84.5 Å². The topological polar surface area (TPSA) is 94.8 Å². The van der Waals surface area contributed by atoms with Crippen LogP contribution < -0.4 is 0 Å². The van der Waals surface area contributed by atoms with Crippen molar-refractivity contribution in [1.29, 1.82) is 0 Å². The zero-order chi connectivity index (χ0) is 19.6. The number of hydrogen-bond acceptors (Lipinski definition) is 4. The first kappa shape index (κ1) is 22.8. The maximum absolute atomic E-state index is 12.2. The molecule has 3 N–H and O–H groups in total. The molecule has 0 heterocycles. The van der Waals surface area contributed by atoms with Gasteiger partial charge in [-0.1, -0.05) is 57.6 Å². The Morgan fingerprint density at radius 2 is 1.88 bits per heavy atom. The lowest BCUT2D eigenvalue weighted by Crippen LogP contribution is -2.23. The van der Waals surface area contributed by atoms with Crippen LogP contribution in [0.15, 0.2) is 12.2 Å². The summed E-state index contributed by atoms with van der Waals surface area (Å²) in [6, 6.07) is 0. The number of aliphatic hydroxyl groups is 2. The fourth-order valence-electron chi connectivity index (χ4n) is 3.72. The molecule has 1 rings (SSSR count). The molecule has 5 heteroatoms. The van der Waals surface area contributed by atoms with Gasteiger partial charge in [0.05, 0.1) is 11.7 Å². The highest BCUT2D eigenvalue weighted by Crippen LogP contribution is 2.35. The number of hydrogen-bond donors (Lipinski definition) is 3. The largest absolute Gasteiger partial charge is 0.481 e. The second-order valence-electron chi connectivity index (χ2n) is 7.94. The van der Waals surface area contributed by atoms with E-state index in [1.165, 1.54) is 0 Å². The highest BCUT2D eigenvalue weighted by molar-refractivity contribution is 5.84. The number of aliphatic hydroxyl groups excluding tert-OH is 1. The van der Waals surface area contributed by atoms with Crippen molar-refractivity contribution in [1.82, 2.24) is 0 Å². The molecule has 0 saturated heterocycles. The van der Waals surface area contributed by atoms with Gasteiger partial charge in [0.25, 0.3) is 0 Å². The summed E-state index contributed by atoms with van der Waals surface area (Å²) < 4.78 is 0. The van der Waals surface area contributed by atoms with Gasteiger partial charge in [0.2, 0.25) is 0 Å². The van der Waals surface area contributed by atoms with Gasteiger partial charge >= 0.3 is 5.97 Å². The Balaban J connectivity index is 2.49. The van der Waals surface area contributed by atoms with E-state index in [1.54, 1.807) is 13.0 Å². The maximum atomic E-state index is 12.2. The lowest BCUT2D eigenvalue weighted by atomic mass is 9.87. The van der Waals surface area contributed by atoms with Gasteiger partial charge in [-0.05, 0) is 26.2 Å². The molecule has 0 bridgehead atoms. The van der Waals surface area contributed by atoms with Crippen LogP contribution in [0.25, 0.3) is 0 Å². The minimum Gasteiger partial charge on any atom is -0.481 e. The van der Waals surface area contributed by atoms with Crippen LogP contribution in [-0.4, -0.2) is 38.8 Å². The number of carbonyl (C=O) groups excluding carboxylic acids is 1. The van der Waals surface area contributed by atoms with E-state index in [0.717, 1.165) is 44.9 Å². The molecule has 0 aliphatic heterocycles. The van der Waals surface area contributed by atoms with Crippen molar-refractivity contribution in [2.45, 2.75) is 96.2 Å². The summed E-state index contributed by atoms with van der Waals surface area (Å²) in [6.07, 6.45) is 11.1. The molecule has 1 aliphatic rings. The van der Waals surface area contributed by atoms with Gasteiger partial charge in [0, 0.05) is 24.7 Å². The highest BCUT2D eigenvalue weighted by atomic mass is 16.4. The minimum atomic E-state index is -0.901. The van der Waals surface area contributed by atoms with Gasteiger partial charge in [-0.3, -0.25) is 9.59 Å². The van der Waals surface area contributed by atoms with Gasteiger partial charge < -0.3 is 15.3 Å². The molecule has 1 aliphatic carbocycles. The average molecular weight is 369 g/mol. The van der Waals surface area contributed by atoms with Gasteiger partial charge in [-0.2, -0.15) is 0 Å². The van der Waals surface area contributed by atoms with Crippen LogP contribution in [0, 0.1) is 11.8 Å². The number of carbonyl (C=O) groups is 2. The lowest BCUT2D eigenvalue weighted by molar-refractivity contribution is -0.137. The van der Waals surface area contributed by atoms with E-state index in [4.69, 9.17) is 5.11 Å². The van der Waals surface area contributed by atoms with Crippen LogP contribution in [0.2, 0.25) is 0 Å². The average Bonchev–Trinajstić information content (AvgIpc) is 2.82. The first-order chi connectivity index (χ1) is 12.3. The smallest absolute Gasteiger partial charge is 0.303 e. The molecule has 0 aromatic rings. The van der Waals surface area contributed by atoms with Crippen LogP contribution >= 0.6 is 0 Å². The Labute approximate surface area is 157 Å². The standard InChI is InChI=1S/C21H36O5/c1-3-4-9-13-21(2,26)14-12-17-16(18(22)15-19(17)23)10-7-5-6-8-11-20(24)25/h12,14,16-17,19,23,26H,3-11,13,15H2,1-2H3,(H,24,25)/t16?,17?,19?,21-/m0/s1. The number of rotatable bonds is 13. The molecule has 1 fully saturated rings. The van der Waals surface area contributed by atoms with E-state index in [1.807, 2.05) is 6.08 Å². The molecule has 5 nitrogen and oxygen atoms in total. The summed E-state index contributed by atoms with van der Waals surface area (Å²) >= 11 is 0. The van der Waals surface area contributed by atoms with Crippen LogP contribution in [0.3, 0.4) is 0 Å². The van der Waals surface area contributed by atoms with Crippen LogP contribution in [0.4, 0.5) is 0 Å². The predicted molar refractivity (Wildman–Crippen MR) is 102 cm³/mol. The maximum Gasteiger partial charge on any atom is 0.303 e. The van der Waals surface area contributed by atoms with Crippen molar-refractivity contribution < 1.29 is 24.9 Å². The third kappa shape index (κ3) is 8.45. The van der Waals surface area contributed by atoms with Crippen molar-refractivity contribution in [2.24, 2.45) is 11.8 Å². The summed E-state index contributed by atoms with van der Waals surface area (Å²) in [4.78, 5) is 22.7. The molecular weight excluding hydrogens is 332 g/mol. The summed E-state index contributed by atoms with van der Waals surface area (Å²) in [5.74, 6) is -1.08. The Morgan fingerprint density at radius 1 is 1.19 bits per heavy atom. The number of carboxylic acid groups (broad SMARTS) is 1. The van der Waals surface area contributed by atoms with E-state index in [0.29, 0.717) is 12.8 Å². The second kappa shape index (κ2) is 11.5. The SMILES string of the molecule is CCCCC[C@](C)(O)C=CC1C(O)CC(=O)C1CCCCCCC(=O)O. The van der Waals surface area contributed by atoms with E-state index in [-0.39, 0.29) is 30.5 Å². The van der Waals surface area contributed by atoms with Gasteiger partial charge in [-0.25, -0.2) is 0 Å². The molecule has 0 amide bonds.